The van der Waals surface area contributed by atoms with Crippen LogP contribution in [0.2, 0.25) is 0 Å². The minimum absolute atomic E-state index is 0.347. The van der Waals surface area contributed by atoms with E-state index in [4.69, 9.17) is 4.74 Å². The molecule has 0 aromatic carbocycles. The highest BCUT2D eigenvalue weighted by Crippen LogP contribution is 2.37. The average molecular weight is 231 g/mol. The number of hydrogen-bond donors (Lipinski definition) is 1. The summed E-state index contributed by atoms with van der Waals surface area (Å²) in [5.41, 5.74) is 0. The molecule has 0 bridgehead atoms. The standard InChI is InChI=1S/C9H13NO2S2/c1-12-8-5-7(14-10-8)9(11)6-3-2-4-13-6/h5-6,9,11H,2-4H2,1H3. The smallest absolute Gasteiger partial charge is 0.225 e. The maximum Gasteiger partial charge on any atom is 0.225 e. The largest absolute Gasteiger partial charge is 0.480 e. The van der Waals surface area contributed by atoms with Gasteiger partial charge < -0.3 is 9.84 Å². The Kier molecular flexibility index (Phi) is 3.30. The second-order valence-corrected chi connectivity index (χ2v) is 5.45. The van der Waals surface area contributed by atoms with Gasteiger partial charge in [0.2, 0.25) is 5.88 Å². The van der Waals surface area contributed by atoms with Crippen molar-refractivity contribution < 1.29 is 9.84 Å². The topological polar surface area (TPSA) is 42.4 Å². The zero-order valence-electron chi connectivity index (χ0n) is 7.97. The third-order valence-corrected chi connectivity index (χ3v) is 4.61. The average Bonchev–Trinajstić information content (AvgIpc) is 2.88. The second kappa shape index (κ2) is 4.51. The van der Waals surface area contributed by atoms with Crippen molar-refractivity contribution in [1.29, 1.82) is 0 Å². The molecule has 0 amide bonds. The van der Waals surface area contributed by atoms with Crippen LogP contribution in [0.15, 0.2) is 6.07 Å². The van der Waals surface area contributed by atoms with Crippen LogP contribution < -0.4 is 4.74 Å². The summed E-state index contributed by atoms with van der Waals surface area (Å²) in [7, 11) is 1.59. The summed E-state index contributed by atoms with van der Waals surface area (Å²) in [6.07, 6.45) is 1.94. The van der Waals surface area contributed by atoms with Crippen LogP contribution in [0, 0.1) is 0 Å². The van der Waals surface area contributed by atoms with Crippen LogP contribution in [0.3, 0.4) is 0 Å². The molecule has 2 heterocycles. The first-order valence-corrected chi connectivity index (χ1v) is 6.44. The van der Waals surface area contributed by atoms with Crippen LogP contribution in [0.5, 0.6) is 5.88 Å². The number of methoxy groups -OCH3 is 1. The lowest BCUT2D eigenvalue weighted by molar-refractivity contribution is 0.176. The Morgan fingerprint density at radius 2 is 2.57 bits per heavy atom. The van der Waals surface area contributed by atoms with E-state index in [9.17, 15) is 5.11 Å². The molecule has 14 heavy (non-hydrogen) atoms. The maximum absolute atomic E-state index is 10.0. The fourth-order valence-electron chi connectivity index (χ4n) is 1.54. The van der Waals surface area contributed by atoms with Gasteiger partial charge in [0.1, 0.15) is 6.10 Å². The predicted molar refractivity (Wildman–Crippen MR) is 59.1 cm³/mol. The van der Waals surface area contributed by atoms with Gasteiger partial charge in [-0.15, -0.1) is 0 Å². The predicted octanol–water partition coefficient (Wildman–Crippen LogP) is 2.08. The van der Waals surface area contributed by atoms with Gasteiger partial charge in [0.15, 0.2) is 0 Å². The Bertz CT molecular complexity index is 297. The van der Waals surface area contributed by atoms with E-state index in [1.165, 1.54) is 18.0 Å². The number of aliphatic hydroxyl groups is 1. The Balaban J connectivity index is 2.05. The molecular weight excluding hydrogens is 218 g/mol. The van der Waals surface area contributed by atoms with E-state index < -0.39 is 0 Å². The van der Waals surface area contributed by atoms with Gasteiger partial charge in [-0.1, -0.05) is 0 Å². The van der Waals surface area contributed by atoms with Gasteiger partial charge in [-0.25, -0.2) is 0 Å². The van der Waals surface area contributed by atoms with Gasteiger partial charge in [-0.3, -0.25) is 0 Å². The molecule has 3 nitrogen and oxygen atoms in total. The third kappa shape index (κ3) is 2.04. The van der Waals surface area contributed by atoms with Crippen LogP contribution in [-0.4, -0.2) is 27.6 Å². The fourth-order valence-corrected chi connectivity index (χ4v) is 3.68. The number of rotatable bonds is 3. The van der Waals surface area contributed by atoms with Gasteiger partial charge >= 0.3 is 0 Å². The van der Waals surface area contributed by atoms with Crippen LogP contribution in [0.1, 0.15) is 23.8 Å². The van der Waals surface area contributed by atoms with Crippen molar-refractivity contribution in [2.75, 3.05) is 12.9 Å². The minimum Gasteiger partial charge on any atom is -0.480 e. The molecular formula is C9H13NO2S2. The summed E-state index contributed by atoms with van der Waals surface area (Å²) < 4.78 is 9.07. The van der Waals surface area contributed by atoms with E-state index in [0.717, 1.165) is 17.1 Å². The summed E-state index contributed by atoms with van der Waals surface area (Å²) in [6, 6.07) is 1.83. The van der Waals surface area contributed by atoms with Crippen molar-refractivity contribution in [3.63, 3.8) is 0 Å². The van der Waals surface area contributed by atoms with E-state index >= 15 is 0 Å². The fraction of sp³-hybridized carbons (Fsp3) is 0.667. The molecule has 0 radical (unpaired) electrons. The minimum atomic E-state index is -0.371. The lowest BCUT2D eigenvalue weighted by Gasteiger charge is -2.14. The SMILES string of the molecule is COc1cc(C(O)C2CCCS2)sn1. The molecule has 5 heteroatoms. The lowest BCUT2D eigenvalue weighted by atomic mass is 10.1. The molecule has 1 aromatic heterocycles. The summed E-state index contributed by atoms with van der Waals surface area (Å²) in [6.45, 7) is 0. The molecule has 0 aliphatic carbocycles. The second-order valence-electron chi connectivity index (χ2n) is 3.27. The molecule has 1 fully saturated rings. The van der Waals surface area contributed by atoms with Gasteiger partial charge in [-0.2, -0.15) is 16.1 Å². The van der Waals surface area contributed by atoms with Crippen molar-refractivity contribution in [2.45, 2.75) is 24.2 Å². The number of aliphatic hydroxyl groups excluding tert-OH is 1. The Labute approximate surface area is 91.6 Å². The van der Waals surface area contributed by atoms with Gasteiger partial charge in [0, 0.05) is 11.3 Å². The van der Waals surface area contributed by atoms with E-state index in [2.05, 4.69) is 4.37 Å². The highest BCUT2D eigenvalue weighted by molar-refractivity contribution is 8.00. The molecule has 1 aliphatic rings. The number of hydrogen-bond acceptors (Lipinski definition) is 5. The summed E-state index contributed by atoms with van der Waals surface area (Å²) in [5, 5.41) is 10.4. The lowest BCUT2D eigenvalue weighted by Crippen LogP contribution is -2.09. The van der Waals surface area contributed by atoms with E-state index in [1.807, 2.05) is 17.8 Å². The monoisotopic (exact) mass is 231 g/mol. The zero-order valence-corrected chi connectivity index (χ0v) is 9.61. The van der Waals surface area contributed by atoms with Gasteiger partial charge in [0.25, 0.3) is 0 Å². The van der Waals surface area contributed by atoms with Crippen molar-refractivity contribution in [3.05, 3.63) is 10.9 Å². The van der Waals surface area contributed by atoms with Crippen molar-refractivity contribution in [1.82, 2.24) is 4.37 Å². The molecule has 2 atom stereocenters. The highest BCUT2D eigenvalue weighted by atomic mass is 32.2. The third-order valence-electron chi connectivity index (χ3n) is 2.32. The first kappa shape index (κ1) is 10.3. The number of nitrogens with zero attached hydrogens (tertiary/aromatic N) is 1. The molecule has 2 rings (SSSR count). The number of aromatic nitrogens is 1. The number of ether oxygens (including phenoxy) is 1. The first-order valence-electron chi connectivity index (χ1n) is 4.61. The van der Waals surface area contributed by atoms with Crippen molar-refractivity contribution >= 4 is 23.3 Å². The molecule has 2 unspecified atom stereocenters. The van der Waals surface area contributed by atoms with E-state index in [0.29, 0.717) is 11.1 Å². The summed E-state index contributed by atoms with van der Waals surface area (Å²) >= 11 is 3.18. The number of thioether (sulfide) groups is 1. The molecule has 1 N–H and O–H groups in total. The molecule has 1 aromatic rings. The van der Waals surface area contributed by atoms with Crippen molar-refractivity contribution in [2.24, 2.45) is 0 Å². The summed E-state index contributed by atoms with van der Waals surface area (Å²) in [4.78, 5) is 0.918. The van der Waals surface area contributed by atoms with Crippen LogP contribution in [0.25, 0.3) is 0 Å². The Hall–Kier alpha value is -0.260. The van der Waals surface area contributed by atoms with Gasteiger partial charge in [0.05, 0.1) is 12.0 Å². The first-order chi connectivity index (χ1) is 6.81. The van der Waals surface area contributed by atoms with E-state index in [1.54, 1.807) is 7.11 Å². The summed E-state index contributed by atoms with van der Waals surface area (Å²) in [5.74, 6) is 1.77. The van der Waals surface area contributed by atoms with Crippen LogP contribution in [0.4, 0.5) is 0 Å². The molecule has 0 saturated carbocycles. The van der Waals surface area contributed by atoms with Crippen molar-refractivity contribution in [3.8, 4) is 5.88 Å². The van der Waals surface area contributed by atoms with Gasteiger partial charge in [-0.05, 0) is 30.1 Å². The molecule has 1 aliphatic heterocycles. The maximum atomic E-state index is 10.0. The quantitative estimate of drug-likeness (QED) is 0.865. The van der Waals surface area contributed by atoms with Crippen LogP contribution in [-0.2, 0) is 0 Å². The van der Waals surface area contributed by atoms with E-state index in [-0.39, 0.29) is 6.10 Å². The normalized spacial score (nSPS) is 23.7. The molecule has 0 spiro atoms. The van der Waals surface area contributed by atoms with Crippen LogP contribution >= 0.6 is 23.3 Å². The molecule has 78 valence electrons. The Morgan fingerprint density at radius 1 is 1.71 bits per heavy atom. The molecule has 1 saturated heterocycles. The highest BCUT2D eigenvalue weighted by Gasteiger charge is 2.26. The zero-order chi connectivity index (χ0) is 9.97. The Morgan fingerprint density at radius 3 is 3.14 bits per heavy atom.